The predicted octanol–water partition coefficient (Wildman–Crippen LogP) is 4.50. The normalized spacial score (nSPS) is 11.0. The average molecular weight is 420 g/mol. The second-order valence-corrected chi connectivity index (χ2v) is 7.11. The van der Waals surface area contributed by atoms with Crippen molar-refractivity contribution in [2.24, 2.45) is 0 Å². The van der Waals surface area contributed by atoms with Crippen LogP contribution >= 0.6 is 11.3 Å². The van der Waals surface area contributed by atoms with E-state index in [0.29, 0.717) is 27.5 Å². The molecule has 6 nitrogen and oxygen atoms in total. The van der Waals surface area contributed by atoms with Gasteiger partial charge in [-0.2, -0.15) is 8.78 Å². The molecule has 0 aliphatic heterocycles. The number of hydrogen-bond donors (Lipinski definition) is 0. The van der Waals surface area contributed by atoms with Gasteiger partial charge >= 0.3 is 12.6 Å². The SMILES string of the molecule is Cc1ncsc1C(=O)OCC(=O)c1cc(C)n(-c2ccc(OC(F)F)cc2)c1C. The number of halogens is 2. The number of hydrogen-bond acceptors (Lipinski definition) is 6. The van der Waals surface area contributed by atoms with E-state index < -0.39 is 12.6 Å². The van der Waals surface area contributed by atoms with Crippen LogP contribution in [0.3, 0.4) is 0 Å². The molecular formula is C20H18F2N2O4S. The van der Waals surface area contributed by atoms with Crippen molar-refractivity contribution in [1.29, 1.82) is 0 Å². The number of aromatic nitrogens is 2. The first-order valence-electron chi connectivity index (χ1n) is 8.62. The van der Waals surface area contributed by atoms with E-state index in [1.54, 1.807) is 37.6 Å². The molecule has 2 heterocycles. The third-order valence-electron chi connectivity index (χ3n) is 4.32. The molecule has 29 heavy (non-hydrogen) atoms. The zero-order valence-corrected chi connectivity index (χ0v) is 16.8. The molecule has 3 aromatic rings. The summed E-state index contributed by atoms with van der Waals surface area (Å²) in [6.07, 6.45) is 0. The molecule has 0 atom stereocenters. The van der Waals surface area contributed by atoms with Crippen molar-refractivity contribution < 1.29 is 27.8 Å². The number of esters is 1. The summed E-state index contributed by atoms with van der Waals surface area (Å²) in [4.78, 5) is 29.0. The van der Waals surface area contributed by atoms with Crippen molar-refractivity contribution in [2.45, 2.75) is 27.4 Å². The van der Waals surface area contributed by atoms with Crippen molar-refractivity contribution in [1.82, 2.24) is 9.55 Å². The molecule has 0 saturated carbocycles. The van der Waals surface area contributed by atoms with Crippen molar-refractivity contribution in [3.63, 3.8) is 0 Å². The summed E-state index contributed by atoms with van der Waals surface area (Å²) in [5.41, 5.74) is 4.64. The Morgan fingerprint density at radius 2 is 1.86 bits per heavy atom. The second kappa shape index (κ2) is 8.52. The number of thiazole rings is 1. The van der Waals surface area contributed by atoms with Crippen molar-refractivity contribution in [3.8, 4) is 11.4 Å². The number of nitrogens with zero attached hydrogens (tertiary/aromatic N) is 2. The molecule has 3 rings (SSSR count). The van der Waals surface area contributed by atoms with Gasteiger partial charge in [0, 0.05) is 22.6 Å². The summed E-state index contributed by atoms with van der Waals surface area (Å²) in [6.45, 7) is 2.00. The van der Waals surface area contributed by atoms with Crippen molar-refractivity contribution >= 4 is 23.1 Å². The van der Waals surface area contributed by atoms with Gasteiger partial charge in [-0.05, 0) is 51.1 Å². The van der Waals surface area contributed by atoms with E-state index in [2.05, 4.69) is 9.72 Å². The van der Waals surface area contributed by atoms with Gasteiger partial charge in [-0.1, -0.05) is 0 Å². The van der Waals surface area contributed by atoms with Crippen molar-refractivity contribution in [2.75, 3.05) is 6.61 Å². The number of carbonyl (C=O) groups excluding carboxylic acids is 2. The lowest BCUT2D eigenvalue weighted by molar-refractivity contribution is -0.0498. The molecule has 152 valence electrons. The van der Waals surface area contributed by atoms with Gasteiger partial charge in [-0.3, -0.25) is 4.79 Å². The fourth-order valence-corrected chi connectivity index (χ4v) is 3.69. The molecule has 0 N–H and O–H groups in total. The molecule has 0 aliphatic rings. The highest BCUT2D eigenvalue weighted by Gasteiger charge is 2.20. The van der Waals surface area contributed by atoms with Crippen LogP contribution in [0.2, 0.25) is 0 Å². The number of benzene rings is 1. The Hall–Kier alpha value is -3.07. The molecular weight excluding hydrogens is 402 g/mol. The molecule has 0 fully saturated rings. The van der Waals surface area contributed by atoms with Crippen LogP contribution in [0, 0.1) is 20.8 Å². The average Bonchev–Trinajstić information content (AvgIpc) is 3.23. The first kappa shape index (κ1) is 20.7. The number of Topliss-reactive ketones (excluding diaryl/α,β-unsaturated/α-hetero) is 1. The van der Waals surface area contributed by atoms with Crippen LogP contribution < -0.4 is 4.74 Å². The van der Waals surface area contributed by atoms with Crippen LogP contribution in [0.25, 0.3) is 5.69 Å². The summed E-state index contributed by atoms with van der Waals surface area (Å²) < 4.78 is 35.9. The maximum Gasteiger partial charge on any atom is 0.387 e. The van der Waals surface area contributed by atoms with E-state index in [1.165, 1.54) is 12.1 Å². The molecule has 0 amide bonds. The van der Waals surface area contributed by atoms with E-state index in [9.17, 15) is 18.4 Å². The monoisotopic (exact) mass is 420 g/mol. The minimum Gasteiger partial charge on any atom is -0.453 e. The van der Waals surface area contributed by atoms with E-state index in [-0.39, 0.29) is 18.1 Å². The molecule has 1 aromatic carbocycles. The van der Waals surface area contributed by atoms with Crippen LogP contribution in [0.4, 0.5) is 8.78 Å². The minimum absolute atomic E-state index is 0.0489. The van der Waals surface area contributed by atoms with E-state index >= 15 is 0 Å². The third kappa shape index (κ3) is 4.51. The summed E-state index contributed by atoms with van der Waals surface area (Å²) in [5.74, 6) is -0.868. The summed E-state index contributed by atoms with van der Waals surface area (Å²) in [7, 11) is 0. The number of carbonyl (C=O) groups is 2. The molecule has 0 radical (unpaired) electrons. The highest BCUT2D eigenvalue weighted by molar-refractivity contribution is 7.11. The first-order valence-corrected chi connectivity index (χ1v) is 9.50. The minimum atomic E-state index is -2.89. The van der Waals surface area contributed by atoms with Gasteiger partial charge in [0.2, 0.25) is 5.78 Å². The fourth-order valence-electron chi connectivity index (χ4n) is 2.99. The van der Waals surface area contributed by atoms with Gasteiger partial charge in [0.25, 0.3) is 0 Å². The molecule has 0 saturated heterocycles. The van der Waals surface area contributed by atoms with Crippen molar-refractivity contribution in [3.05, 3.63) is 63.4 Å². The Kier molecular flexibility index (Phi) is 6.07. The fraction of sp³-hybridized carbons (Fsp3) is 0.250. The molecule has 0 unspecified atom stereocenters. The standard InChI is InChI=1S/C20H18F2N2O4S/c1-11-8-16(17(25)9-27-19(26)18-12(2)23-10-29-18)13(3)24(11)14-4-6-15(7-5-14)28-20(21)22/h4-8,10,20H,9H2,1-3H3. The van der Waals surface area contributed by atoms with E-state index in [4.69, 9.17) is 4.74 Å². The second-order valence-electron chi connectivity index (χ2n) is 6.26. The number of aryl methyl sites for hydroxylation is 2. The molecule has 0 bridgehead atoms. The molecule has 2 aromatic heterocycles. The number of rotatable bonds is 7. The van der Waals surface area contributed by atoms with Gasteiger partial charge in [0.15, 0.2) is 6.61 Å². The van der Waals surface area contributed by atoms with Crippen LogP contribution in [-0.2, 0) is 4.74 Å². The van der Waals surface area contributed by atoms with E-state index in [0.717, 1.165) is 17.0 Å². The number of ketones is 1. The Morgan fingerprint density at radius 1 is 1.17 bits per heavy atom. The quantitative estimate of drug-likeness (QED) is 0.416. The Labute approximate surface area is 169 Å². The lowest BCUT2D eigenvalue weighted by Gasteiger charge is -2.11. The molecule has 0 spiro atoms. The molecule has 9 heteroatoms. The Balaban J connectivity index is 1.75. The predicted molar refractivity (Wildman–Crippen MR) is 103 cm³/mol. The van der Waals surface area contributed by atoms with Crippen LogP contribution in [-0.4, -0.2) is 34.5 Å². The smallest absolute Gasteiger partial charge is 0.387 e. The summed E-state index contributed by atoms with van der Waals surface area (Å²) in [6, 6.07) is 7.81. The highest BCUT2D eigenvalue weighted by Crippen LogP contribution is 2.24. The third-order valence-corrected chi connectivity index (χ3v) is 5.23. The van der Waals surface area contributed by atoms with Crippen LogP contribution in [0.15, 0.2) is 35.8 Å². The summed E-state index contributed by atoms with van der Waals surface area (Å²) in [5, 5.41) is 0. The van der Waals surface area contributed by atoms with Gasteiger partial charge in [0.1, 0.15) is 10.6 Å². The van der Waals surface area contributed by atoms with Gasteiger partial charge in [-0.25, -0.2) is 9.78 Å². The topological polar surface area (TPSA) is 70.4 Å². The highest BCUT2D eigenvalue weighted by atomic mass is 32.1. The van der Waals surface area contributed by atoms with Gasteiger partial charge in [-0.15, -0.1) is 11.3 Å². The van der Waals surface area contributed by atoms with E-state index in [1.807, 2.05) is 11.5 Å². The Morgan fingerprint density at radius 3 is 2.45 bits per heavy atom. The Bertz CT molecular complexity index is 1040. The number of alkyl halides is 2. The molecule has 0 aliphatic carbocycles. The lowest BCUT2D eigenvalue weighted by atomic mass is 10.1. The summed E-state index contributed by atoms with van der Waals surface area (Å²) >= 11 is 1.16. The largest absolute Gasteiger partial charge is 0.453 e. The maximum atomic E-state index is 12.6. The van der Waals surface area contributed by atoms with Crippen LogP contribution in [0.5, 0.6) is 5.75 Å². The maximum absolute atomic E-state index is 12.6. The first-order chi connectivity index (χ1) is 13.8. The zero-order valence-electron chi connectivity index (χ0n) is 15.9. The van der Waals surface area contributed by atoms with Crippen LogP contribution in [0.1, 0.15) is 37.1 Å². The lowest BCUT2D eigenvalue weighted by Crippen LogP contribution is -2.15. The van der Waals surface area contributed by atoms with Gasteiger partial charge < -0.3 is 14.0 Å². The van der Waals surface area contributed by atoms with Gasteiger partial charge in [0.05, 0.1) is 11.2 Å². The number of ether oxygens (including phenoxy) is 2. The zero-order chi connectivity index (χ0) is 21.1.